The van der Waals surface area contributed by atoms with Crippen LogP contribution in [0.1, 0.15) is 0 Å². The summed E-state index contributed by atoms with van der Waals surface area (Å²) in [4.78, 5) is 0. The molecule has 1 rings (SSSR count). The fourth-order valence-corrected chi connectivity index (χ4v) is 1.25. The normalized spacial score (nSPS) is 12.4. The van der Waals surface area contributed by atoms with Crippen LogP contribution in [0.2, 0.25) is 0 Å². The molecule has 0 amide bonds. The number of nitrogens with zero attached hydrogens (tertiary/aromatic N) is 2. The molecule has 0 radical (unpaired) electrons. The Morgan fingerprint density at radius 2 is 2.67 bits per heavy atom. The van der Waals surface area contributed by atoms with Crippen LogP contribution in [0.25, 0.3) is 0 Å². The van der Waals surface area contributed by atoms with Gasteiger partial charge in [0, 0.05) is 13.3 Å². The number of hydrogen-bond donors (Lipinski definition) is 0. The van der Waals surface area contributed by atoms with Crippen molar-refractivity contribution in [1.29, 1.82) is 0 Å². The standard InChI is InChI=1S/C8H9IN2O/c1-3-8(12-2)6-11-5-7(9)4-10-11/h1,4-5,8H,6H2,2H3/t8-/m0/s1. The van der Waals surface area contributed by atoms with Gasteiger partial charge in [0.1, 0.15) is 6.10 Å². The fourth-order valence-electron chi connectivity index (χ4n) is 0.803. The molecule has 0 aliphatic carbocycles. The lowest BCUT2D eigenvalue weighted by Gasteiger charge is -2.07. The van der Waals surface area contributed by atoms with E-state index in [4.69, 9.17) is 11.2 Å². The van der Waals surface area contributed by atoms with E-state index in [1.54, 1.807) is 18.0 Å². The molecule has 1 atom stereocenters. The Balaban J connectivity index is 2.58. The Morgan fingerprint density at radius 1 is 1.92 bits per heavy atom. The number of terminal acetylenes is 1. The number of halogens is 1. The third-order valence-electron chi connectivity index (χ3n) is 1.43. The van der Waals surface area contributed by atoms with Gasteiger partial charge in [-0.15, -0.1) is 6.42 Å². The summed E-state index contributed by atoms with van der Waals surface area (Å²) in [6.45, 7) is 0.607. The summed E-state index contributed by atoms with van der Waals surface area (Å²) in [5.41, 5.74) is 0. The van der Waals surface area contributed by atoms with E-state index in [9.17, 15) is 0 Å². The van der Waals surface area contributed by atoms with Crippen LogP contribution >= 0.6 is 22.6 Å². The summed E-state index contributed by atoms with van der Waals surface area (Å²) >= 11 is 2.20. The monoisotopic (exact) mass is 276 g/mol. The molecule has 1 aromatic heterocycles. The van der Waals surface area contributed by atoms with Crippen LogP contribution in [0.4, 0.5) is 0 Å². The van der Waals surface area contributed by atoms with Crippen LogP contribution in [0.5, 0.6) is 0 Å². The van der Waals surface area contributed by atoms with Gasteiger partial charge < -0.3 is 4.74 Å². The molecule has 12 heavy (non-hydrogen) atoms. The lowest BCUT2D eigenvalue weighted by molar-refractivity contribution is 0.130. The van der Waals surface area contributed by atoms with Crippen molar-refractivity contribution in [2.24, 2.45) is 0 Å². The van der Waals surface area contributed by atoms with Gasteiger partial charge in [-0.05, 0) is 22.6 Å². The number of rotatable bonds is 3. The fraction of sp³-hybridized carbons (Fsp3) is 0.375. The first kappa shape index (κ1) is 9.55. The van der Waals surface area contributed by atoms with Gasteiger partial charge in [-0.2, -0.15) is 5.10 Å². The van der Waals surface area contributed by atoms with Crippen LogP contribution < -0.4 is 0 Å². The van der Waals surface area contributed by atoms with Crippen molar-refractivity contribution in [3.8, 4) is 12.3 Å². The molecular formula is C8H9IN2O. The summed E-state index contributed by atoms with van der Waals surface area (Å²) in [6, 6.07) is 0. The Hall–Kier alpha value is -0.540. The van der Waals surface area contributed by atoms with E-state index in [1.807, 2.05) is 6.20 Å². The molecule has 4 heteroatoms. The number of aromatic nitrogens is 2. The van der Waals surface area contributed by atoms with Gasteiger partial charge >= 0.3 is 0 Å². The lowest BCUT2D eigenvalue weighted by atomic mass is 10.4. The molecule has 1 aromatic rings. The summed E-state index contributed by atoms with van der Waals surface area (Å²) in [5.74, 6) is 2.52. The van der Waals surface area contributed by atoms with Gasteiger partial charge in [-0.3, -0.25) is 4.68 Å². The van der Waals surface area contributed by atoms with E-state index in [2.05, 4.69) is 33.6 Å². The summed E-state index contributed by atoms with van der Waals surface area (Å²) in [5, 5.41) is 4.09. The number of ether oxygens (including phenoxy) is 1. The van der Waals surface area contributed by atoms with Gasteiger partial charge in [0.2, 0.25) is 0 Å². The largest absolute Gasteiger partial charge is 0.367 e. The van der Waals surface area contributed by atoms with Crippen LogP contribution in [0.15, 0.2) is 12.4 Å². The van der Waals surface area contributed by atoms with E-state index in [0.717, 1.165) is 3.57 Å². The molecule has 0 aromatic carbocycles. The molecule has 0 unspecified atom stereocenters. The third kappa shape index (κ3) is 2.50. The zero-order valence-corrected chi connectivity index (χ0v) is 8.85. The van der Waals surface area contributed by atoms with Gasteiger partial charge in [0.15, 0.2) is 0 Å². The highest BCUT2D eigenvalue weighted by Crippen LogP contribution is 2.02. The van der Waals surface area contributed by atoms with E-state index < -0.39 is 0 Å². The first-order valence-electron chi connectivity index (χ1n) is 3.43. The van der Waals surface area contributed by atoms with E-state index in [1.165, 1.54) is 0 Å². The predicted molar refractivity (Wildman–Crippen MR) is 54.6 cm³/mol. The van der Waals surface area contributed by atoms with Crippen LogP contribution in [0, 0.1) is 15.9 Å². The van der Waals surface area contributed by atoms with Gasteiger partial charge in [0.25, 0.3) is 0 Å². The average molecular weight is 276 g/mol. The molecule has 1 heterocycles. The topological polar surface area (TPSA) is 27.1 Å². The number of hydrogen-bond acceptors (Lipinski definition) is 2. The molecular weight excluding hydrogens is 267 g/mol. The molecule has 0 aliphatic rings. The highest BCUT2D eigenvalue weighted by molar-refractivity contribution is 14.1. The average Bonchev–Trinajstić information content (AvgIpc) is 2.47. The van der Waals surface area contributed by atoms with Crippen LogP contribution in [-0.4, -0.2) is 23.0 Å². The third-order valence-corrected chi connectivity index (χ3v) is 1.98. The molecule has 0 saturated heterocycles. The minimum absolute atomic E-state index is 0.194. The zero-order valence-electron chi connectivity index (χ0n) is 6.70. The summed E-state index contributed by atoms with van der Waals surface area (Å²) in [6.07, 6.45) is 8.73. The highest BCUT2D eigenvalue weighted by atomic mass is 127. The molecule has 0 fully saturated rings. The van der Waals surface area contributed by atoms with Crippen molar-refractivity contribution in [3.63, 3.8) is 0 Å². The van der Waals surface area contributed by atoms with Crippen LogP contribution in [0.3, 0.4) is 0 Å². The number of methoxy groups -OCH3 is 1. The van der Waals surface area contributed by atoms with E-state index in [-0.39, 0.29) is 6.10 Å². The van der Waals surface area contributed by atoms with Crippen molar-refractivity contribution in [1.82, 2.24) is 9.78 Å². The minimum atomic E-state index is -0.194. The first-order chi connectivity index (χ1) is 5.76. The second-order valence-electron chi connectivity index (χ2n) is 2.27. The molecule has 64 valence electrons. The Bertz CT molecular complexity index is 289. The summed E-state index contributed by atoms with van der Waals surface area (Å²) in [7, 11) is 1.60. The van der Waals surface area contributed by atoms with Crippen molar-refractivity contribution < 1.29 is 4.74 Å². The molecule has 0 spiro atoms. The van der Waals surface area contributed by atoms with Gasteiger partial charge in [0.05, 0.1) is 16.3 Å². The molecule has 0 N–H and O–H groups in total. The predicted octanol–water partition coefficient (Wildman–Crippen LogP) is 1.14. The Kier molecular flexibility index (Phi) is 3.56. The smallest absolute Gasteiger partial charge is 0.137 e. The Labute approximate surface area is 85.2 Å². The molecule has 3 nitrogen and oxygen atoms in total. The summed E-state index contributed by atoms with van der Waals surface area (Å²) < 4.78 is 7.88. The maximum absolute atomic E-state index is 5.22. The zero-order chi connectivity index (χ0) is 8.97. The lowest BCUT2D eigenvalue weighted by Crippen LogP contribution is -2.16. The maximum Gasteiger partial charge on any atom is 0.137 e. The maximum atomic E-state index is 5.22. The Morgan fingerprint density at radius 3 is 3.08 bits per heavy atom. The highest BCUT2D eigenvalue weighted by Gasteiger charge is 2.03. The van der Waals surface area contributed by atoms with E-state index in [0.29, 0.717) is 6.54 Å². The second-order valence-corrected chi connectivity index (χ2v) is 3.52. The molecule has 0 bridgehead atoms. The van der Waals surface area contributed by atoms with Crippen molar-refractivity contribution in [2.45, 2.75) is 12.6 Å². The quantitative estimate of drug-likeness (QED) is 0.611. The second kappa shape index (κ2) is 4.48. The molecule has 0 saturated carbocycles. The first-order valence-corrected chi connectivity index (χ1v) is 4.51. The van der Waals surface area contributed by atoms with Crippen molar-refractivity contribution in [3.05, 3.63) is 16.0 Å². The van der Waals surface area contributed by atoms with Gasteiger partial charge in [-0.1, -0.05) is 5.92 Å². The van der Waals surface area contributed by atoms with Crippen molar-refractivity contribution >= 4 is 22.6 Å². The van der Waals surface area contributed by atoms with Gasteiger partial charge in [-0.25, -0.2) is 0 Å². The minimum Gasteiger partial charge on any atom is -0.367 e. The van der Waals surface area contributed by atoms with Crippen LogP contribution in [-0.2, 0) is 11.3 Å². The SMILES string of the molecule is C#C[C@@H](Cn1cc(I)cn1)OC. The molecule has 0 aliphatic heterocycles. The van der Waals surface area contributed by atoms with Crippen molar-refractivity contribution in [2.75, 3.05) is 7.11 Å². The van der Waals surface area contributed by atoms with E-state index >= 15 is 0 Å².